The van der Waals surface area contributed by atoms with Crippen LogP contribution in [0.2, 0.25) is 0 Å². The summed E-state index contributed by atoms with van der Waals surface area (Å²) in [7, 11) is 0. The lowest BCUT2D eigenvalue weighted by atomic mass is 10.3. The van der Waals surface area contributed by atoms with E-state index >= 15 is 0 Å². The van der Waals surface area contributed by atoms with Crippen molar-refractivity contribution in [3.05, 3.63) is 16.8 Å². The van der Waals surface area contributed by atoms with Gasteiger partial charge in [0.2, 0.25) is 0 Å². The normalized spacial score (nSPS) is 10.9. The first-order valence-electron chi connectivity index (χ1n) is 5.46. The van der Waals surface area contributed by atoms with E-state index in [9.17, 15) is 0 Å². The Morgan fingerprint density at radius 2 is 2.35 bits per heavy atom. The van der Waals surface area contributed by atoms with Gasteiger partial charge < -0.3 is 15.0 Å². The van der Waals surface area contributed by atoms with Gasteiger partial charge in [0.1, 0.15) is 11.5 Å². The van der Waals surface area contributed by atoms with Crippen molar-refractivity contribution in [3.63, 3.8) is 0 Å². The second-order valence-electron chi connectivity index (χ2n) is 3.73. The number of aromatic nitrogens is 2. The summed E-state index contributed by atoms with van der Waals surface area (Å²) in [6.07, 6.45) is 0.974. The maximum Gasteiger partial charge on any atom is 0.270 e. The van der Waals surface area contributed by atoms with Crippen molar-refractivity contribution in [2.45, 2.75) is 26.9 Å². The average Bonchev–Trinajstić information content (AvgIpc) is 2.89. The van der Waals surface area contributed by atoms with E-state index in [1.807, 2.05) is 12.3 Å². The predicted octanol–water partition coefficient (Wildman–Crippen LogP) is 2.62. The van der Waals surface area contributed by atoms with E-state index in [0.717, 1.165) is 16.9 Å². The van der Waals surface area contributed by atoms with E-state index in [-0.39, 0.29) is 0 Å². The predicted molar refractivity (Wildman–Crippen MR) is 66.7 cm³/mol. The Morgan fingerprint density at radius 1 is 1.53 bits per heavy atom. The van der Waals surface area contributed by atoms with Crippen LogP contribution in [0, 0.1) is 6.92 Å². The molecule has 0 spiro atoms. The van der Waals surface area contributed by atoms with Gasteiger partial charge in [0.05, 0.1) is 5.69 Å². The molecular formula is C11H15N3O2S. The van der Waals surface area contributed by atoms with Crippen molar-refractivity contribution >= 4 is 17.0 Å². The lowest BCUT2D eigenvalue weighted by molar-refractivity contribution is 0.114. The number of rotatable bonds is 5. The molecule has 6 heteroatoms. The van der Waals surface area contributed by atoms with Crippen molar-refractivity contribution < 1.29 is 9.26 Å². The lowest BCUT2D eigenvalue weighted by Gasteiger charge is -1.95. The molecule has 0 fully saturated rings. The molecule has 0 bridgehead atoms. The Labute approximate surface area is 104 Å². The fraction of sp³-hybridized carbons (Fsp3) is 0.455. The summed E-state index contributed by atoms with van der Waals surface area (Å²) < 4.78 is 10.5. The first kappa shape index (κ1) is 12.1. The molecule has 0 atom stereocenters. The highest BCUT2D eigenvalue weighted by atomic mass is 32.1. The molecule has 2 aromatic rings. The first-order valence-corrected chi connectivity index (χ1v) is 6.34. The van der Waals surface area contributed by atoms with Gasteiger partial charge in [-0.05, 0) is 24.3 Å². The van der Waals surface area contributed by atoms with E-state index in [1.165, 1.54) is 11.3 Å². The molecule has 2 heterocycles. The third kappa shape index (κ3) is 2.65. The van der Waals surface area contributed by atoms with Crippen molar-refractivity contribution in [1.29, 1.82) is 0 Å². The Balaban J connectivity index is 2.10. The van der Waals surface area contributed by atoms with E-state index < -0.39 is 0 Å². The quantitative estimate of drug-likeness (QED) is 0.829. The summed E-state index contributed by atoms with van der Waals surface area (Å²) in [6.45, 7) is 5.08. The smallest absolute Gasteiger partial charge is 0.270 e. The van der Waals surface area contributed by atoms with E-state index in [4.69, 9.17) is 15.0 Å². The second kappa shape index (κ2) is 5.29. The van der Waals surface area contributed by atoms with Gasteiger partial charge in [-0.2, -0.15) is 4.98 Å². The van der Waals surface area contributed by atoms with Crippen LogP contribution in [0.3, 0.4) is 0 Å². The number of nitrogens with two attached hydrogens (primary N) is 1. The highest BCUT2D eigenvalue weighted by Crippen LogP contribution is 2.33. The number of ether oxygens (including phenoxy) is 1. The van der Waals surface area contributed by atoms with Crippen molar-refractivity contribution in [3.8, 4) is 10.8 Å². The zero-order valence-corrected chi connectivity index (χ0v) is 10.7. The summed E-state index contributed by atoms with van der Waals surface area (Å²) in [6, 6.07) is 0. The molecule has 0 aliphatic rings. The van der Waals surface area contributed by atoms with Gasteiger partial charge in [0.15, 0.2) is 5.82 Å². The number of thiophene rings is 1. The highest BCUT2D eigenvalue weighted by Gasteiger charge is 2.14. The van der Waals surface area contributed by atoms with E-state index in [0.29, 0.717) is 30.6 Å². The molecule has 0 aliphatic heterocycles. The molecule has 17 heavy (non-hydrogen) atoms. The highest BCUT2D eigenvalue weighted by molar-refractivity contribution is 7.14. The lowest BCUT2D eigenvalue weighted by Crippen LogP contribution is -1.95. The molecule has 0 radical (unpaired) electrons. The van der Waals surface area contributed by atoms with Crippen molar-refractivity contribution in [1.82, 2.24) is 10.1 Å². The molecule has 0 saturated heterocycles. The Bertz CT molecular complexity index is 493. The number of hydrogen-bond acceptors (Lipinski definition) is 6. The monoisotopic (exact) mass is 253 g/mol. The summed E-state index contributed by atoms with van der Waals surface area (Å²) in [5, 5.41) is 5.83. The summed E-state index contributed by atoms with van der Waals surface area (Å²) in [5.41, 5.74) is 7.66. The molecule has 0 saturated carbocycles. The third-order valence-corrected chi connectivity index (χ3v) is 3.37. The Hall–Kier alpha value is -1.40. The number of hydrogen-bond donors (Lipinski definition) is 1. The van der Waals surface area contributed by atoms with Crippen LogP contribution in [0.4, 0.5) is 5.69 Å². The minimum atomic E-state index is 0.377. The maximum atomic E-state index is 5.92. The Morgan fingerprint density at radius 3 is 3.00 bits per heavy atom. The van der Waals surface area contributed by atoms with Gasteiger partial charge in [-0.1, -0.05) is 12.1 Å². The molecular weight excluding hydrogens is 238 g/mol. The van der Waals surface area contributed by atoms with Gasteiger partial charge in [-0.15, -0.1) is 11.3 Å². The molecule has 0 amide bonds. The number of nitrogens with zero attached hydrogens (tertiary/aromatic N) is 2. The summed E-state index contributed by atoms with van der Waals surface area (Å²) in [4.78, 5) is 5.08. The molecule has 2 N–H and O–H groups in total. The molecule has 2 rings (SSSR count). The van der Waals surface area contributed by atoms with Gasteiger partial charge in [-0.25, -0.2) is 0 Å². The molecule has 0 aromatic carbocycles. The largest absolute Gasteiger partial charge is 0.397 e. The molecule has 0 aliphatic carbocycles. The number of aryl methyl sites for hydroxylation is 1. The van der Waals surface area contributed by atoms with Crippen LogP contribution in [0.15, 0.2) is 9.90 Å². The van der Waals surface area contributed by atoms with Crippen molar-refractivity contribution in [2.75, 3.05) is 12.3 Å². The second-order valence-corrected chi connectivity index (χ2v) is 4.61. The SMILES string of the molecule is CCCOCc1noc(-c2scc(C)c2N)n1. The van der Waals surface area contributed by atoms with E-state index in [2.05, 4.69) is 17.1 Å². The van der Waals surface area contributed by atoms with Crippen LogP contribution < -0.4 is 5.73 Å². The molecule has 0 unspecified atom stereocenters. The van der Waals surface area contributed by atoms with Crippen LogP contribution in [0.25, 0.3) is 10.8 Å². The summed E-state index contributed by atoms with van der Waals surface area (Å²) >= 11 is 1.51. The zero-order chi connectivity index (χ0) is 12.3. The summed E-state index contributed by atoms with van der Waals surface area (Å²) in [5.74, 6) is 1.02. The fourth-order valence-corrected chi connectivity index (χ4v) is 2.22. The zero-order valence-electron chi connectivity index (χ0n) is 9.90. The van der Waals surface area contributed by atoms with Gasteiger partial charge in [0.25, 0.3) is 5.89 Å². The fourth-order valence-electron chi connectivity index (χ4n) is 1.33. The van der Waals surface area contributed by atoms with Crippen LogP contribution in [0.5, 0.6) is 0 Å². The molecule has 2 aromatic heterocycles. The standard InChI is InChI=1S/C11H15N3O2S/c1-3-4-15-5-8-13-11(16-14-8)10-9(12)7(2)6-17-10/h6H,3-5,12H2,1-2H3. The van der Waals surface area contributed by atoms with Gasteiger partial charge in [0, 0.05) is 6.61 Å². The maximum absolute atomic E-state index is 5.92. The minimum Gasteiger partial charge on any atom is -0.397 e. The van der Waals surface area contributed by atoms with Crippen molar-refractivity contribution in [2.24, 2.45) is 0 Å². The molecule has 92 valence electrons. The van der Waals surface area contributed by atoms with E-state index in [1.54, 1.807) is 0 Å². The van der Waals surface area contributed by atoms with Gasteiger partial charge >= 0.3 is 0 Å². The topological polar surface area (TPSA) is 74.2 Å². The van der Waals surface area contributed by atoms with Crippen LogP contribution >= 0.6 is 11.3 Å². The Kier molecular flexibility index (Phi) is 3.75. The minimum absolute atomic E-state index is 0.377. The third-order valence-electron chi connectivity index (χ3n) is 2.26. The van der Waals surface area contributed by atoms with Gasteiger partial charge in [-0.3, -0.25) is 0 Å². The molecule has 5 nitrogen and oxygen atoms in total. The number of anilines is 1. The number of nitrogen functional groups attached to an aromatic ring is 1. The average molecular weight is 253 g/mol. The van der Waals surface area contributed by atoms with Crippen LogP contribution in [0.1, 0.15) is 24.7 Å². The van der Waals surface area contributed by atoms with Crippen LogP contribution in [-0.4, -0.2) is 16.7 Å². The van der Waals surface area contributed by atoms with Crippen LogP contribution in [-0.2, 0) is 11.3 Å². The first-order chi connectivity index (χ1) is 8.22.